The summed E-state index contributed by atoms with van der Waals surface area (Å²) in [6.07, 6.45) is 20.0. The van der Waals surface area contributed by atoms with E-state index in [1.165, 1.54) is 83.6 Å². The monoisotopic (exact) mass is 427 g/mol. The van der Waals surface area contributed by atoms with Gasteiger partial charge in [-0.05, 0) is 111 Å². The van der Waals surface area contributed by atoms with Crippen LogP contribution >= 0.6 is 0 Å². The molecular weight excluding hydrogens is 374 g/mol. The van der Waals surface area contributed by atoms with Crippen LogP contribution in [0.1, 0.15) is 119 Å². The van der Waals surface area contributed by atoms with E-state index in [4.69, 9.17) is 0 Å². The van der Waals surface area contributed by atoms with Gasteiger partial charge in [-0.1, -0.05) is 72.5 Å². The second-order valence-corrected chi connectivity index (χ2v) is 13.2. The number of hydrogen-bond donors (Lipinski definition) is 1. The summed E-state index contributed by atoms with van der Waals surface area (Å²) < 4.78 is 0. The summed E-state index contributed by atoms with van der Waals surface area (Å²) in [5.41, 5.74) is 2.98. The Bertz CT molecular complexity index is 634. The first-order chi connectivity index (χ1) is 14.8. The van der Waals surface area contributed by atoms with E-state index in [1.54, 1.807) is 0 Å². The molecule has 0 aromatic heterocycles. The number of allylic oxidation sites excluding steroid dienone is 1. The van der Waals surface area contributed by atoms with Gasteiger partial charge >= 0.3 is 0 Å². The highest BCUT2D eigenvalue weighted by Crippen LogP contribution is 2.67. The van der Waals surface area contributed by atoms with Crippen molar-refractivity contribution in [2.24, 2.45) is 46.3 Å². The largest absolute Gasteiger partial charge is 0.314 e. The Morgan fingerprint density at radius 1 is 1.00 bits per heavy atom. The molecule has 3 fully saturated rings. The van der Waals surface area contributed by atoms with Crippen molar-refractivity contribution in [1.82, 2.24) is 5.32 Å². The Morgan fingerprint density at radius 2 is 1.81 bits per heavy atom. The maximum Gasteiger partial charge on any atom is 0.0105 e. The molecule has 1 N–H and O–H groups in total. The van der Waals surface area contributed by atoms with Crippen molar-refractivity contribution in [2.75, 3.05) is 6.54 Å². The number of hydrogen-bond acceptors (Lipinski definition) is 1. The van der Waals surface area contributed by atoms with Crippen molar-refractivity contribution < 1.29 is 0 Å². The summed E-state index contributed by atoms with van der Waals surface area (Å²) in [6.45, 7) is 16.3. The highest BCUT2D eigenvalue weighted by molar-refractivity contribution is 5.26. The summed E-state index contributed by atoms with van der Waals surface area (Å²) in [7, 11) is 0. The molecule has 0 amide bonds. The van der Waals surface area contributed by atoms with Crippen LogP contribution < -0.4 is 5.32 Å². The molecule has 0 bridgehead atoms. The van der Waals surface area contributed by atoms with Gasteiger partial charge in [0.05, 0.1) is 0 Å². The lowest BCUT2D eigenvalue weighted by Gasteiger charge is -2.58. The van der Waals surface area contributed by atoms with E-state index in [9.17, 15) is 0 Å². The van der Waals surface area contributed by atoms with E-state index in [0.29, 0.717) is 10.8 Å². The van der Waals surface area contributed by atoms with Gasteiger partial charge < -0.3 is 5.32 Å². The molecule has 0 aromatic carbocycles. The van der Waals surface area contributed by atoms with Gasteiger partial charge in [-0.25, -0.2) is 0 Å². The van der Waals surface area contributed by atoms with Gasteiger partial charge in [0.25, 0.3) is 0 Å². The summed E-state index contributed by atoms with van der Waals surface area (Å²) in [6, 6.07) is 0.743. The van der Waals surface area contributed by atoms with E-state index in [2.05, 4.69) is 52.9 Å². The smallest absolute Gasteiger partial charge is 0.0105 e. The number of nitrogens with one attached hydrogen (secondary N) is 1. The van der Waals surface area contributed by atoms with Crippen LogP contribution in [0.25, 0.3) is 0 Å². The quantitative estimate of drug-likeness (QED) is 0.383. The molecule has 0 aromatic rings. The van der Waals surface area contributed by atoms with E-state index in [0.717, 1.165) is 41.5 Å². The fourth-order valence-electron chi connectivity index (χ4n) is 9.21. The van der Waals surface area contributed by atoms with Crippen molar-refractivity contribution in [2.45, 2.75) is 125 Å². The van der Waals surface area contributed by atoms with Crippen molar-refractivity contribution in [1.29, 1.82) is 0 Å². The fourth-order valence-corrected chi connectivity index (χ4v) is 9.21. The van der Waals surface area contributed by atoms with Crippen molar-refractivity contribution in [3.05, 3.63) is 11.6 Å². The first-order valence-corrected chi connectivity index (χ1v) is 14.2. The van der Waals surface area contributed by atoms with Gasteiger partial charge in [0, 0.05) is 6.04 Å². The van der Waals surface area contributed by atoms with E-state index < -0.39 is 0 Å². The Kier molecular flexibility index (Phi) is 7.32. The van der Waals surface area contributed by atoms with E-state index in [1.807, 2.05) is 5.57 Å². The summed E-state index contributed by atoms with van der Waals surface area (Å²) in [5.74, 6) is 5.71. The van der Waals surface area contributed by atoms with Crippen LogP contribution in [0.4, 0.5) is 0 Å². The molecule has 4 aliphatic rings. The van der Waals surface area contributed by atoms with Gasteiger partial charge in [-0.2, -0.15) is 0 Å². The van der Waals surface area contributed by atoms with Crippen molar-refractivity contribution in [3.8, 4) is 0 Å². The average molecular weight is 428 g/mol. The Balaban J connectivity index is 1.45. The molecule has 31 heavy (non-hydrogen) atoms. The normalized spacial score (nSPS) is 43.2. The zero-order chi connectivity index (χ0) is 22.2. The molecule has 8 atom stereocenters. The zero-order valence-corrected chi connectivity index (χ0v) is 21.8. The van der Waals surface area contributed by atoms with Crippen LogP contribution in [-0.2, 0) is 0 Å². The molecule has 4 aliphatic carbocycles. The van der Waals surface area contributed by atoms with Crippen molar-refractivity contribution >= 4 is 0 Å². The second-order valence-electron chi connectivity index (χ2n) is 13.2. The van der Waals surface area contributed by atoms with Crippen LogP contribution in [0, 0.1) is 46.3 Å². The molecule has 0 heterocycles. The summed E-state index contributed by atoms with van der Waals surface area (Å²) in [5, 5.41) is 3.84. The molecule has 1 heteroatoms. The highest BCUT2D eigenvalue weighted by atomic mass is 14.9. The highest BCUT2D eigenvalue weighted by Gasteiger charge is 2.59. The second kappa shape index (κ2) is 9.52. The standard InChI is InChI=1S/C30H53N/c1-7-19-31-24-15-17-29(5)23(20-24)11-12-25-27-14-13-26(22(4)10-8-9-21(2)3)30(27,6)18-16-28(25)29/h11,21-22,24-28,31H,7-10,12-20H2,1-6H3/t22-,24+,25+,26?,27+,28?,29?,30?/m1/s1. The maximum atomic E-state index is 3.84. The zero-order valence-electron chi connectivity index (χ0n) is 21.8. The lowest BCUT2D eigenvalue weighted by molar-refractivity contribution is -0.0514. The molecule has 4 rings (SSSR count). The molecular formula is C30H53N. The predicted molar refractivity (Wildman–Crippen MR) is 135 cm³/mol. The molecule has 0 saturated heterocycles. The van der Waals surface area contributed by atoms with Crippen LogP contribution in [0.3, 0.4) is 0 Å². The number of fused-ring (bicyclic) bond motifs is 5. The minimum absolute atomic E-state index is 0.510. The Hall–Kier alpha value is -0.300. The van der Waals surface area contributed by atoms with Gasteiger partial charge in [-0.15, -0.1) is 0 Å². The van der Waals surface area contributed by atoms with Crippen molar-refractivity contribution in [3.63, 3.8) is 0 Å². The molecule has 0 spiro atoms. The SMILES string of the molecule is CCCN[C@H]1CCC2(C)C(=CC[C@@H]3C2CCC2(C)C([C@H](C)CCCC(C)C)CC[C@@H]32)C1. The Morgan fingerprint density at radius 3 is 2.55 bits per heavy atom. The van der Waals surface area contributed by atoms with Gasteiger partial charge in [0.1, 0.15) is 0 Å². The Labute approximate surface area is 194 Å². The molecule has 1 nitrogen and oxygen atoms in total. The summed E-state index contributed by atoms with van der Waals surface area (Å²) in [4.78, 5) is 0. The summed E-state index contributed by atoms with van der Waals surface area (Å²) >= 11 is 0. The van der Waals surface area contributed by atoms with E-state index >= 15 is 0 Å². The van der Waals surface area contributed by atoms with Gasteiger partial charge in [0.2, 0.25) is 0 Å². The lowest BCUT2D eigenvalue weighted by Crippen LogP contribution is -2.51. The molecule has 3 saturated carbocycles. The van der Waals surface area contributed by atoms with Gasteiger partial charge in [-0.3, -0.25) is 0 Å². The molecule has 178 valence electrons. The minimum atomic E-state index is 0.510. The topological polar surface area (TPSA) is 12.0 Å². The van der Waals surface area contributed by atoms with Crippen LogP contribution in [-0.4, -0.2) is 12.6 Å². The maximum absolute atomic E-state index is 3.84. The van der Waals surface area contributed by atoms with E-state index in [-0.39, 0.29) is 0 Å². The molecule has 0 aliphatic heterocycles. The molecule has 4 unspecified atom stereocenters. The number of rotatable bonds is 8. The predicted octanol–water partition coefficient (Wildman–Crippen LogP) is 8.40. The average Bonchev–Trinajstić information content (AvgIpc) is 3.09. The van der Waals surface area contributed by atoms with Crippen LogP contribution in [0.5, 0.6) is 0 Å². The van der Waals surface area contributed by atoms with Crippen LogP contribution in [0.2, 0.25) is 0 Å². The lowest BCUT2D eigenvalue weighted by atomic mass is 9.47. The fraction of sp³-hybridized carbons (Fsp3) is 0.933. The third kappa shape index (κ3) is 4.43. The first kappa shape index (κ1) is 23.8. The molecule has 0 radical (unpaired) electrons. The van der Waals surface area contributed by atoms with Crippen LogP contribution in [0.15, 0.2) is 11.6 Å². The third-order valence-corrected chi connectivity index (χ3v) is 11.0. The first-order valence-electron chi connectivity index (χ1n) is 14.2. The minimum Gasteiger partial charge on any atom is -0.314 e. The third-order valence-electron chi connectivity index (χ3n) is 11.0. The van der Waals surface area contributed by atoms with Gasteiger partial charge in [0.15, 0.2) is 0 Å².